The third kappa shape index (κ3) is 5.49. The predicted molar refractivity (Wildman–Crippen MR) is 104 cm³/mol. The minimum atomic E-state index is -0.925. The van der Waals surface area contributed by atoms with Gasteiger partial charge >= 0.3 is 5.97 Å². The molecule has 7 heteroatoms. The van der Waals surface area contributed by atoms with Gasteiger partial charge in [0.2, 0.25) is 5.91 Å². The summed E-state index contributed by atoms with van der Waals surface area (Å²) in [4.78, 5) is 37.8. The Morgan fingerprint density at radius 3 is 2.46 bits per heavy atom. The molecule has 2 N–H and O–H groups in total. The molecule has 0 aromatic heterocycles. The molecule has 0 saturated carbocycles. The number of anilines is 1. The van der Waals surface area contributed by atoms with E-state index in [9.17, 15) is 14.4 Å². The second-order valence-corrected chi connectivity index (χ2v) is 8.57. The topological polar surface area (TPSA) is 86.7 Å². The summed E-state index contributed by atoms with van der Waals surface area (Å²) >= 11 is 1.84. The first kappa shape index (κ1) is 20.3. The fraction of sp³-hybridized carbons (Fsp3) is 0.526. The van der Waals surface area contributed by atoms with Crippen LogP contribution in [0.4, 0.5) is 5.69 Å². The number of rotatable bonds is 6. The molecule has 26 heavy (non-hydrogen) atoms. The van der Waals surface area contributed by atoms with Crippen LogP contribution in [0.25, 0.3) is 0 Å². The number of carboxylic acid groups (broad SMARTS) is 1. The summed E-state index contributed by atoms with van der Waals surface area (Å²) in [6.07, 6.45) is 0.0190. The van der Waals surface area contributed by atoms with Gasteiger partial charge in [-0.15, -0.1) is 0 Å². The van der Waals surface area contributed by atoms with E-state index in [0.29, 0.717) is 11.3 Å². The normalized spacial score (nSPS) is 14.8. The number of hydrogen-bond donors (Lipinski definition) is 2. The molecular weight excluding hydrogens is 352 g/mol. The number of hydrogen-bond acceptors (Lipinski definition) is 4. The third-order valence-electron chi connectivity index (χ3n) is 4.41. The van der Waals surface area contributed by atoms with Gasteiger partial charge in [-0.05, 0) is 30.0 Å². The van der Waals surface area contributed by atoms with Gasteiger partial charge in [0.15, 0.2) is 0 Å². The maximum absolute atomic E-state index is 12.7. The van der Waals surface area contributed by atoms with Gasteiger partial charge in [0.05, 0.1) is 6.42 Å². The van der Waals surface area contributed by atoms with Crippen LogP contribution in [0.15, 0.2) is 18.2 Å². The molecule has 0 aliphatic carbocycles. The van der Waals surface area contributed by atoms with E-state index in [2.05, 4.69) is 5.32 Å². The number of thioether (sulfide) groups is 1. The molecule has 0 bridgehead atoms. The van der Waals surface area contributed by atoms with Crippen molar-refractivity contribution < 1.29 is 19.5 Å². The quantitative estimate of drug-likeness (QED) is 0.795. The van der Waals surface area contributed by atoms with Crippen LogP contribution in [0, 0.1) is 12.3 Å². The molecule has 0 unspecified atom stereocenters. The number of nitrogens with zero attached hydrogens (tertiary/aromatic N) is 1. The Balaban J connectivity index is 2.09. The van der Waals surface area contributed by atoms with E-state index in [1.165, 1.54) is 0 Å². The average Bonchev–Trinajstić information content (AvgIpc) is 2.55. The zero-order valence-corrected chi connectivity index (χ0v) is 16.3. The van der Waals surface area contributed by atoms with E-state index in [1.807, 2.05) is 23.6 Å². The lowest BCUT2D eigenvalue weighted by molar-refractivity contribution is -0.139. The second kappa shape index (κ2) is 8.58. The lowest BCUT2D eigenvalue weighted by atomic mass is 9.85. The van der Waals surface area contributed by atoms with Gasteiger partial charge in [-0.3, -0.25) is 14.4 Å². The SMILES string of the molecule is Cc1c(NC(=O)CC(C)(C)CC(=O)O)cccc1C(=O)N1CCSCC1. The summed E-state index contributed by atoms with van der Waals surface area (Å²) in [5, 5.41) is 11.8. The number of aliphatic carboxylic acids is 1. The van der Waals surface area contributed by atoms with E-state index in [-0.39, 0.29) is 24.7 Å². The molecule has 142 valence electrons. The van der Waals surface area contributed by atoms with E-state index >= 15 is 0 Å². The van der Waals surface area contributed by atoms with E-state index in [1.54, 1.807) is 32.0 Å². The van der Waals surface area contributed by atoms with Crippen LogP contribution in [0.5, 0.6) is 0 Å². The van der Waals surface area contributed by atoms with Crippen LogP contribution < -0.4 is 5.32 Å². The van der Waals surface area contributed by atoms with Gasteiger partial charge in [0.25, 0.3) is 5.91 Å². The zero-order chi connectivity index (χ0) is 19.3. The Labute approximate surface area is 158 Å². The average molecular weight is 378 g/mol. The molecule has 1 aromatic carbocycles. The van der Waals surface area contributed by atoms with Crippen molar-refractivity contribution in [1.29, 1.82) is 0 Å². The van der Waals surface area contributed by atoms with E-state index in [4.69, 9.17) is 5.11 Å². The Morgan fingerprint density at radius 1 is 1.19 bits per heavy atom. The van der Waals surface area contributed by atoms with Crippen molar-refractivity contribution >= 4 is 35.2 Å². The fourth-order valence-electron chi connectivity index (χ4n) is 3.04. The zero-order valence-electron chi connectivity index (χ0n) is 15.5. The molecule has 1 aliphatic heterocycles. The van der Waals surface area contributed by atoms with Gasteiger partial charge in [0, 0.05) is 42.3 Å². The van der Waals surface area contributed by atoms with Crippen LogP contribution in [0.3, 0.4) is 0 Å². The molecule has 0 atom stereocenters. The van der Waals surface area contributed by atoms with Crippen molar-refractivity contribution in [2.45, 2.75) is 33.6 Å². The highest BCUT2D eigenvalue weighted by Gasteiger charge is 2.26. The molecule has 6 nitrogen and oxygen atoms in total. The smallest absolute Gasteiger partial charge is 0.303 e. The molecule has 0 spiro atoms. The van der Waals surface area contributed by atoms with Crippen molar-refractivity contribution in [3.8, 4) is 0 Å². The molecule has 1 heterocycles. The molecule has 2 rings (SSSR count). The van der Waals surface area contributed by atoms with Crippen molar-refractivity contribution in [3.05, 3.63) is 29.3 Å². The van der Waals surface area contributed by atoms with Gasteiger partial charge in [-0.2, -0.15) is 11.8 Å². The molecule has 1 aliphatic rings. The summed E-state index contributed by atoms with van der Waals surface area (Å²) in [6.45, 7) is 6.81. The summed E-state index contributed by atoms with van der Waals surface area (Å²) in [7, 11) is 0. The molecule has 1 aromatic rings. The van der Waals surface area contributed by atoms with Gasteiger partial charge in [-0.25, -0.2) is 0 Å². The molecular formula is C19H26N2O4S. The van der Waals surface area contributed by atoms with Crippen molar-refractivity contribution in [2.75, 3.05) is 29.9 Å². The van der Waals surface area contributed by atoms with E-state index in [0.717, 1.165) is 30.2 Å². The van der Waals surface area contributed by atoms with E-state index < -0.39 is 11.4 Å². The van der Waals surface area contributed by atoms with Crippen LogP contribution >= 0.6 is 11.8 Å². The van der Waals surface area contributed by atoms with Crippen molar-refractivity contribution in [1.82, 2.24) is 4.90 Å². The number of carboxylic acids is 1. The molecule has 1 fully saturated rings. The maximum atomic E-state index is 12.7. The number of benzene rings is 1. The van der Waals surface area contributed by atoms with Gasteiger partial charge in [-0.1, -0.05) is 19.9 Å². The molecule has 0 radical (unpaired) electrons. The highest BCUT2D eigenvalue weighted by Crippen LogP contribution is 2.27. The van der Waals surface area contributed by atoms with Crippen molar-refractivity contribution in [3.63, 3.8) is 0 Å². The Hall–Kier alpha value is -2.02. The predicted octanol–water partition coefficient (Wildman–Crippen LogP) is 3.01. The lowest BCUT2D eigenvalue weighted by Crippen LogP contribution is -2.38. The van der Waals surface area contributed by atoms with Crippen LogP contribution in [0.1, 0.15) is 42.6 Å². The standard InChI is InChI=1S/C19H26N2O4S/c1-13-14(18(25)21-7-9-26-10-8-21)5-4-6-15(13)20-16(22)11-19(2,3)12-17(23)24/h4-6H,7-12H2,1-3H3,(H,20,22)(H,23,24). The fourth-order valence-corrected chi connectivity index (χ4v) is 3.94. The van der Waals surface area contributed by atoms with Gasteiger partial charge < -0.3 is 15.3 Å². The summed E-state index contributed by atoms with van der Waals surface area (Å²) in [5.41, 5.74) is 1.29. The van der Waals surface area contributed by atoms with Crippen molar-refractivity contribution in [2.24, 2.45) is 5.41 Å². The third-order valence-corrected chi connectivity index (χ3v) is 5.35. The highest BCUT2D eigenvalue weighted by molar-refractivity contribution is 7.99. The number of nitrogens with one attached hydrogen (secondary N) is 1. The number of carbonyl (C=O) groups excluding carboxylic acids is 2. The minimum Gasteiger partial charge on any atom is -0.481 e. The Bertz CT molecular complexity index is 697. The second-order valence-electron chi connectivity index (χ2n) is 7.34. The molecule has 2 amide bonds. The lowest BCUT2D eigenvalue weighted by Gasteiger charge is -2.27. The monoisotopic (exact) mass is 378 g/mol. The largest absolute Gasteiger partial charge is 0.481 e. The first-order chi connectivity index (χ1) is 12.2. The minimum absolute atomic E-state index is 0.00916. The first-order valence-corrected chi connectivity index (χ1v) is 9.83. The Kier molecular flexibility index (Phi) is 6.69. The summed E-state index contributed by atoms with van der Waals surface area (Å²) in [6, 6.07) is 5.31. The number of amides is 2. The first-order valence-electron chi connectivity index (χ1n) is 8.68. The number of carbonyl (C=O) groups is 3. The van der Waals surface area contributed by atoms with Gasteiger partial charge in [0.1, 0.15) is 0 Å². The van der Waals surface area contributed by atoms with Crippen LogP contribution in [-0.2, 0) is 9.59 Å². The van der Waals surface area contributed by atoms with Crippen LogP contribution in [0.2, 0.25) is 0 Å². The highest BCUT2D eigenvalue weighted by atomic mass is 32.2. The Morgan fingerprint density at radius 2 is 1.85 bits per heavy atom. The molecule has 1 saturated heterocycles. The van der Waals surface area contributed by atoms with Crippen LogP contribution in [-0.4, -0.2) is 52.4 Å². The maximum Gasteiger partial charge on any atom is 0.303 e. The summed E-state index contributed by atoms with van der Waals surface area (Å²) < 4.78 is 0. The summed E-state index contributed by atoms with van der Waals surface area (Å²) in [5.74, 6) is 0.703.